The summed E-state index contributed by atoms with van der Waals surface area (Å²) in [7, 11) is 1.54. The molecule has 0 saturated heterocycles. The summed E-state index contributed by atoms with van der Waals surface area (Å²) in [4.78, 5) is 10.6. The van der Waals surface area contributed by atoms with Crippen molar-refractivity contribution in [3.05, 3.63) is 23.7 Å². The third-order valence-electron chi connectivity index (χ3n) is 1.98. The molecule has 0 amide bonds. The maximum Gasteiger partial charge on any atom is 0.335 e. The molecule has 84 valence electrons. The van der Waals surface area contributed by atoms with E-state index in [1.807, 2.05) is 0 Å². The molecule has 0 aliphatic heterocycles. The second-order valence-corrected chi connectivity index (χ2v) is 3.56. The number of carboxylic acid groups (broad SMARTS) is 1. The maximum atomic E-state index is 10.6. The fourth-order valence-corrected chi connectivity index (χ4v) is 1.15. The minimum Gasteiger partial charge on any atom is -0.479 e. The molecule has 0 aromatic carbocycles. The minimum atomic E-state index is -1.80. The third kappa shape index (κ3) is 3.07. The van der Waals surface area contributed by atoms with Crippen LogP contribution in [0.15, 0.2) is 16.5 Å². The summed E-state index contributed by atoms with van der Waals surface area (Å²) in [6, 6.07) is 3.32. The van der Waals surface area contributed by atoms with Gasteiger partial charge in [-0.05, 0) is 19.1 Å². The number of aliphatic carboxylic acids is 1. The van der Waals surface area contributed by atoms with Crippen molar-refractivity contribution in [1.29, 1.82) is 0 Å². The van der Waals surface area contributed by atoms with Gasteiger partial charge in [-0.2, -0.15) is 0 Å². The molecule has 1 aromatic heterocycles. The Labute approximate surface area is 87.3 Å². The van der Waals surface area contributed by atoms with Crippen molar-refractivity contribution in [2.75, 3.05) is 7.11 Å². The Bertz CT molecular complexity index is 339. The molecular formula is C10H14O5. The van der Waals surface area contributed by atoms with E-state index >= 15 is 0 Å². The van der Waals surface area contributed by atoms with Crippen molar-refractivity contribution in [2.24, 2.45) is 0 Å². The van der Waals surface area contributed by atoms with Crippen LogP contribution in [0, 0.1) is 0 Å². The van der Waals surface area contributed by atoms with Crippen LogP contribution in [-0.2, 0) is 22.6 Å². The monoisotopic (exact) mass is 214 g/mol. The molecule has 15 heavy (non-hydrogen) atoms. The Morgan fingerprint density at radius 3 is 2.67 bits per heavy atom. The van der Waals surface area contributed by atoms with Gasteiger partial charge in [-0.1, -0.05) is 0 Å². The molecule has 1 unspecified atom stereocenters. The first-order valence-electron chi connectivity index (χ1n) is 4.48. The summed E-state index contributed by atoms with van der Waals surface area (Å²) >= 11 is 0. The van der Waals surface area contributed by atoms with E-state index in [4.69, 9.17) is 14.3 Å². The number of carboxylic acids is 1. The zero-order valence-corrected chi connectivity index (χ0v) is 8.69. The fraction of sp³-hybridized carbons (Fsp3) is 0.500. The lowest BCUT2D eigenvalue weighted by Crippen LogP contribution is -2.37. The zero-order chi connectivity index (χ0) is 11.5. The second kappa shape index (κ2) is 4.46. The van der Waals surface area contributed by atoms with Crippen LogP contribution >= 0.6 is 0 Å². The minimum absolute atomic E-state index is 0.0634. The molecule has 0 radical (unpaired) electrons. The van der Waals surface area contributed by atoms with Gasteiger partial charge >= 0.3 is 5.97 Å². The number of furan rings is 1. The number of rotatable bonds is 5. The molecule has 1 aromatic rings. The van der Waals surface area contributed by atoms with Gasteiger partial charge in [0, 0.05) is 13.5 Å². The molecule has 0 aliphatic carbocycles. The van der Waals surface area contributed by atoms with Gasteiger partial charge in [0.25, 0.3) is 0 Å². The number of ether oxygens (including phenoxy) is 1. The quantitative estimate of drug-likeness (QED) is 0.758. The van der Waals surface area contributed by atoms with Gasteiger partial charge < -0.3 is 19.4 Å². The third-order valence-corrected chi connectivity index (χ3v) is 1.98. The zero-order valence-electron chi connectivity index (χ0n) is 8.69. The summed E-state index contributed by atoms with van der Waals surface area (Å²) in [6.07, 6.45) is -0.0634. The Balaban J connectivity index is 2.68. The SMILES string of the molecule is COCc1ccc(CC(C)(O)C(=O)O)o1. The van der Waals surface area contributed by atoms with Crippen LogP contribution in [0.2, 0.25) is 0 Å². The highest BCUT2D eigenvalue weighted by atomic mass is 16.5. The summed E-state index contributed by atoms with van der Waals surface area (Å²) in [5, 5.41) is 18.2. The molecule has 1 heterocycles. The first-order valence-corrected chi connectivity index (χ1v) is 4.48. The first-order chi connectivity index (χ1) is 6.95. The van der Waals surface area contributed by atoms with Crippen LogP contribution < -0.4 is 0 Å². The number of hydrogen-bond acceptors (Lipinski definition) is 4. The summed E-state index contributed by atoms with van der Waals surface area (Å²) < 4.78 is 10.1. The van der Waals surface area contributed by atoms with Gasteiger partial charge in [0.15, 0.2) is 5.60 Å². The van der Waals surface area contributed by atoms with Gasteiger partial charge in [0.1, 0.15) is 18.1 Å². The van der Waals surface area contributed by atoms with Gasteiger partial charge in [-0.3, -0.25) is 0 Å². The average Bonchev–Trinajstić information content (AvgIpc) is 2.52. The van der Waals surface area contributed by atoms with Crippen molar-refractivity contribution < 1.29 is 24.2 Å². The summed E-state index contributed by atoms with van der Waals surface area (Å²) in [5.41, 5.74) is -1.80. The van der Waals surface area contributed by atoms with E-state index in [0.29, 0.717) is 18.1 Å². The van der Waals surface area contributed by atoms with Gasteiger partial charge in [-0.25, -0.2) is 4.79 Å². The predicted octanol–water partition coefficient (Wildman–Crippen LogP) is 0.804. The highest BCUT2D eigenvalue weighted by Crippen LogP contribution is 2.16. The smallest absolute Gasteiger partial charge is 0.335 e. The van der Waals surface area contributed by atoms with Crippen LogP contribution in [-0.4, -0.2) is 28.9 Å². The van der Waals surface area contributed by atoms with Crippen LogP contribution in [0.25, 0.3) is 0 Å². The topological polar surface area (TPSA) is 79.9 Å². The van der Waals surface area contributed by atoms with Crippen molar-refractivity contribution in [3.63, 3.8) is 0 Å². The molecule has 2 N–H and O–H groups in total. The highest BCUT2D eigenvalue weighted by molar-refractivity contribution is 5.76. The molecule has 0 saturated carbocycles. The lowest BCUT2D eigenvalue weighted by atomic mass is 10.0. The van der Waals surface area contributed by atoms with E-state index in [-0.39, 0.29) is 6.42 Å². The number of hydrogen-bond donors (Lipinski definition) is 2. The number of methoxy groups -OCH3 is 1. The Hall–Kier alpha value is -1.33. The van der Waals surface area contributed by atoms with Crippen molar-refractivity contribution >= 4 is 5.97 Å². The molecular weight excluding hydrogens is 200 g/mol. The van der Waals surface area contributed by atoms with E-state index in [0.717, 1.165) is 0 Å². The van der Waals surface area contributed by atoms with Crippen molar-refractivity contribution in [1.82, 2.24) is 0 Å². The van der Waals surface area contributed by atoms with Crippen LogP contribution in [0.5, 0.6) is 0 Å². The summed E-state index contributed by atoms with van der Waals surface area (Å²) in [6.45, 7) is 1.56. The molecule has 0 aliphatic rings. The Kier molecular flexibility index (Phi) is 3.49. The Morgan fingerprint density at radius 1 is 1.53 bits per heavy atom. The van der Waals surface area contributed by atoms with E-state index in [2.05, 4.69) is 0 Å². The van der Waals surface area contributed by atoms with Crippen LogP contribution in [0.1, 0.15) is 18.4 Å². The molecule has 0 spiro atoms. The number of aliphatic hydroxyl groups is 1. The molecule has 5 nitrogen and oxygen atoms in total. The van der Waals surface area contributed by atoms with Gasteiger partial charge in [-0.15, -0.1) is 0 Å². The molecule has 0 bridgehead atoms. The number of carbonyl (C=O) groups is 1. The largest absolute Gasteiger partial charge is 0.479 e. The summed E-state index contributed by atoms with van der Waals surface area (Å²) in [5.74, 6) is -0.240. The van der Waals surface area contributed by atoms with Crippen molar-refractivity contribution in [3.8, 4) is 0 Å². The second-order valence-electron chi connectivity index (χ2n) is 3.56. The normalized spacial score (nSPS) is 14.9. The van der Waals surface area contributed by atoms with E-state index in [1.165, 1.54) is 14.0 Å². The maximum absolute atomic E-state index is 10.6. The first kappa shape index (κ1) is 11.7. The molecule has 1 atom stereocenters. The van der Waals surface area contributed by atoms with E-state index < -0.39 is 11.6 Å². The lowest BCUT2D eigenvalue weighted by molar-refractivity contribution is -0.156. The Morgan fingerprint density at radius 2 is 2.13 bits per heavy atom. The van der Waals surface area contributed by atoms with E-state index in [1.54, 1.807) is 12.1 Å². The van der Waals surface area contributed by atoms with Crippen LogP contribution in [0.3, 0.4) is 0 Å². The predicted molar refractivity (Wildman–Crippen MR) is 51.4 cm³/mol. The highest BCUT2D eigenvalue weighted by Gasteiger charge is 2.31. The average molecular weight is 214 g/mol. The van der Waals surface area contributed by atoms with Crippen molar-refractivity contribution in [2.45, 2.75) is 25.6 Å². The van der Waals surface area contributed by atoms with E-state index in [9.17, 15) is 9.90 Å². The molecule has 1 rings (SSSR count). The lowest BCUT2D eigenvalue weighted by Gasteiger charge is -2.15. The molecule has 0 fully saturated rings. The molecule has 5 heteroatoms. The van der Waals surface area contributed by atoms with Gasteiger partial charge in [0.05, 0.1) is 0 Å². The fourth-order valence-electron chi connectivity index (χ4n) is 1.15. The standard InChI is InChI=1S/C10H14O5/c1-10(13,9(11)12)5-7-3-4-8(15-7)6-14-2/h3-4,13H,5-6H2,1-2H3,(H,11,12). The van der Waals surface area contributed by atoms with Crippen LogP contribution in [0.4, 0.5) is 0 Å². The van der Waals surface area contributed by atoms with Gasteiger partial charge in [0.2, 0.25) is 0 Å².